The van der Waals surface area contributed by atoms with Crippen molar-refractivity contribution in [1.29, 1.82) is 0 Å². The molecule has 1 aliphatic heterocycles. The number of nitrogens with zero attached hydrogens (tertiary/aromatic N) is 1. The molecule has 2 aliphatic rings. The molecule has 0 spiro atoms. The van der Waals surface area contributed by atoms with E-state index in [-0.39, 0.29) is 0 Å². The zero-order chi connectivity index (χ0) is 7.84. The standard InChI is InChI=1S/C10H19N/c1-8-6-10(8)9-4-3-5-11(2)7-9/h8-10H,3-7H2,1-2H3. The van der Waals surface area contributed by atoms with Crippen molar-refractivity contribution in [2.24, 2.45) is 17.8 Å². The van der Waals surface area contributed by atoms with Crippen molar-refractivity contribution >= 4 is 0 Å². The van der Waals surface area contributed by atoms with Crippen molar-refractivity contribution in [2.75, 3.05) is 20.1 Å². The highest BCUT2D eigenvalue weighted by molar-refractivity contribution is 4.90. The maximum absolute atomic E-state index is 2.50. The molecule has 0 aromatic heterocycles. The van der Waals surface area contributed by atoms with E-state index in [2.05, 4.69) is 18.9 Å². The number of rotatable bonds is 1. The van der Waals surface area contributed by atoms with Crippen LogP contribution in [0.15, 0.2) is 0 Å². The van der Waals surface area contributed by atoms with Gasteiger partial charge in [-0.15, -0.1) is 0 Å². The van der Waals surface area contributed by atoms with E-state index in [9.17, 15) is 0 Å². The van der Waals surface area contributed by atoms with Crippen LogP contribution in [0.5, 0.6) is 0 Å². The van der Waals surface area contributed by atoms with Crippen molar-refractivity contribution in [2.45, 2.75) is 26.2 Å². The summed E-state index contributed by atoms with van der Waals surface area (Å²) in [5, 5.41) is 0. The van der Waals surface area contributed by atoms with E-state index < -0.39 is 0 Å². The van der Waals surface area contributed by atoms with Crippen LogP contribution in [0.3, 0.4) is 0 Å². The lowest BCUT2D eigenvalue weighted by Crippen LogP contribution is -2.33. The Balaban J connectivity index is 1.84. The summed E-state index contributed by atoms with van der Waals surface area (Å²) in [6, 6.07) is 0. The van der Waals surface area contributed by atoms with Gasteiger partial charge in [-0.2, -0.15) is 0 Å². The van der Waals surface area contributed by atoms with Crippen molar-refractivity contribution < 1.29 is 0 Å². The number of likely N-dealkylation sites (tertiary alicyclic amines) is 1. The molecule has 3 atom stereocenters. The predicted molar refractivity (Wildman–Crippen MR) is 47.5 cm³/mol. The predicted octanol–water partition coefficient (Wildman–Crippen LogP) is 1.98. The normalized spacial score (nSPS) is 45.8. The third kappa shape index (κ3) is 1.58. The maximum atomic E-state index is 2.50. The lowest BCUT2D eigenvalue weighted by Gasteiger charge is -2.29. The van der Waals surface area contributed by atoms with E-state index in [0.29, 0.717) is 0 Å². The molecule has 3 unspecified atom stereocenters. The Morgan fingerprint density at radius 2 is 2.09 bits per heavy atom. The maximum Gasteiger partial charge on any atom is 0.000937 e. The fraction of sp³-hybridized carbons (Fsp3) is 1.00. The summed E-state index contributed by atoms with van der Waals surface area (Å²) in [6.07, 6.45) is 4.45. The van der Waals surface area contributed by atoms with Crippen molar-refractivity contribution in [3.8, 4) is 0 Å². The van der Waals surface area contributed by atoms with Gasteiger partial charge in [0.1, 0.15) is 0 Å². The Bertz CT molecular complexity index is 144. The van der Waals surface area contributed by atoms with E-state index in [1.807, 2.05) is 0 Å². The minimum Gasteiger partial charge on any atom is -0.306 e. The molecule has 0 N–H and O–H groups in total. The van der Waals surface area contributed by atoms with Gasteiger partial charge < -0.3 is 4.90 Å². The smallest absolute Gasteiger partial charge is 0.000937 e. The molecule has 2 rings (SSSR count). The van der Waals surface area contributed by atoms with Crippen LogP contribution in [0.4, 0.5) is 0 Å². The highest BCUT2D eigenvalue weighted by Gasteiger charge is 2.40. The Morgan fingerprint density at radius 3 is 2.64 bits per heavy atom. The molecular weight excluding hydrogens is 134 g/mol. The van der Waals surface area contributed by atoms with Crippen LogP contribution in [0.2, 0.25) is 0 Å². The zero-order valence-corrected chi connectivity index (χ0v) is 7.71. The fourth-order valence-corrected chi connectivity index (χ4v) is 2.56. The van der Waals surface area contributed by atoms with Crippen LogP contribution in [-0.2, 0) is 0 Å². The second kappa shape index (κ2) is 2.78. The summed E-state index contributed by atoms with van der Waals surface area (Å²) in [6.45, 7) is 5.10. The molecule has 1 nitrogen and oxygen atoms in total. The molecule has 0 aromatic rings. The minimum atomic E-state index is 1.05. The monoisotopic (exact) mass is 153 g/mol. The van der Waals surface area contributed by atoms with E-state index in [1.54, 1.807) is 0 Å². The molecule has 1 heteroatoms. The summed E-state index contributed by atoms with van der Waals surface area (Å²) in [7, 11) is 2.26. The average Bonchev–Trinajstić information content (AvgIpc) is 2.67. The Kier molecular flexibility index (Phi) is 1.92. The summed E-state index contributed by atoms with van der Waals surface area (Å²) in [4.78, 5) is 2.50. The lowest BCUT2D eigenvalue weighted by atomic mass is 9.93. The zero-order valence-electron chi connectivity index (χ0n) is 7.71. The van der Waals surface area contributed by atoms with Crippen LogP contribution in [0.1, 0.15) is 26.2 Å². The highest BCUT2D eigenvalue weighted by atomic mass is 15.1. The molecule has 1 aliphatic carbocycles. The number of hydrogen-bond acceptors (Lipinski definition) is 1. The first kappa shape index (κ1) is 7.60. The first-order valence-corrected chi connectivity index (χ1v) is 4.96. The van der Waals surface area contributed by atoms with E-state index in [1.165, 1.54) is 32.4 Å². The topological polar surface area (TPSA) is 3.24 Å². The van der Waals surface area contributed by atoms with Gasteiger partial charge in [-0.3, -0.25) is 0 Å². The molecule has 0 amide bonds. The molecule has 0 aromatic carbocycles. The van der Waals surface area contributed by atoms with Gasteiger partial charge in [-0.05, 0) is 50.6 Å². The molecule has 11 heavy (non-hydrogen) atoms. The van der Waals surface area contributed by atoms with Gasteiger partial charge in [0, 0.05) is 6.54 Å². The van der Waals surface area contributed by atoms with Crippen LogP contribution in [-0.4, -0.2) is 25.0 Å². The van der Waals surface area contributed by atoms with Gasteiger partial charge >= 0.3 is 0 Å². The minimum absolute atomic E-state index is 1.05. The summed E-state index contributed by atoms with van der Waals surface area (Å²) in [5.74, 6) is 3.19. The highest BCUT2D eigenvalue weighted by Crippen LogP contribution is 2.46. The molecule has 1 heterocycles. The second-order valence-electron chi connectivity index (χ2n) is 4.54. The largest absolute Gasteiger partial charge is 0.306 e. The van der Waals surface area contributed by atoms with E-state index in [0.717, 1.165) is 17.8 Å². The van der Waals surface area contributed by atoms with Crippen molar-refractivity contribution in [3.63, 3.8) is 0 Å². The van der Waals surface area contributed by atoms with Gasteiger partial charge in [0.25, 0.3) is 0 Å². The van der Waals surface area contributed by atoms with Crippen LogP contribution < -0.4 is 0 Å². The van der Waals surface area contributed by atoms with Gasteiger partial charge in [0.05, 0.1) is 0 Å². The summed E-state index contributed by atoms with van der Waals surface area (Å²) < 4.78 is 0. The molecule has 2 fully saturated rings. The first-order chi connectivity index (χ1) is 5.27. The average molecular weight is 153 g/mol. The third-order valence-electron chi connectivity index (χ3n) is 3.44. The van der Waals surface area contributed by atoms with E-state index in [4.69, 9.17) is 0 Å². The van der Waals surface area contributed by atoms with Crippen LogP contribution >= 0.6 is 0 Å². The number of piperidine rings is 1. The van der Waals surface area contributed by atoms with Crippen LogP contribution in [0.25, 0.3) is 0 Å². The second-order valence-corrected chi connectivity index (χ2v) is 4.54. The molecule has 0 bridgehead atoms. The van der Waals surface area contributed by atoms with Crippen molar-refractivity contribution in [1.82, 2.24) is 4.90 Å². The summed E-state index contributed by atoms with van der Waals surface area (Å²) in [5.41, 5.74) is 0. The summed E-state index contributed by atoms with van der Waals surface area (Å²) >= 11 is 0. The Labute approximate surface area is 69.8 Å². The molecule has 1 saturated heterocycles. The van der Waals surface area contributed by atoms with Gasteiger partial charge in [0.2, 0.25) is 0 Å². The van der Waals surface area contributed by atoms with Crippen molar-refractivity contribution in [3.05, 3.63) is 0 Å². The third-order valence-corrected chi connectivity index (χ3v) is 3.44. The molecular formula is C10H19N. The van der Waals surface area contributed by atoms with E-state index >= 15 is 0 Å². The molecule has 64 valence electrons. The number of hydrogen-bond donors (Lipinski definition) is 0. The first-order valence-electron chi connectivity index (χ1n) is 4.96. The Morgan fingerprint density at radius 1 is 1.36 bits per heavy atom. The van der Waals surface area contributed by atoms with Gasteiger partial charge in [-0.1, -0.05) is 6.92 Å². The lowest BCUT2D eigenvalue weighted by molar-refractivity contribution is 0.189. The fourth-order valence-electron chi connectivity index (χ4n) is 2.56. The SMILES string of the molecule is CC1CC1C1CCCN(C)C1. The Hall–Kier alpha value is -0.0400. The molecule has 1 saturated carbocycles. The molecule has 0 radical (unpaired) electrons. The van der Waals surface area contributed by atoms with Gasteiger partial charge in [0.15, 0.2) is 0 Å². The van der Waals surface area contributed by atoms with Gasteiger partial charge in [-0.25, -0.2) is 0 Å². The quantitative estimate of drug-likeness (QED) is 0.557. The van der Waals surface area contributed by atoms with Crippen LogP contribution in [0, 0.1) is 17.8 Å².